The van der Waals surface area contributed by atoms with Crippen LogP contribution in [0.15, 0.2) is 11.8 Å². The Morgan fingerprint density at radius 2 is 1.81 bits per heavy atom. The summed E-state index contributed by atoms with van der Waals surface area (Å²) in [4.78, 5) is 11.4. The van der Waals surface area contributed by atoms with Crippen LogP contribution in [0.4, 0.5) is 0 Å². The summed E-state index contributed by atoms with van der Waals surface area (Å²) in [5, 5.41) is 57.9. The first-order valence-electron chi connectivity index (χ1n) is 8.54. The molecule has 0 spiro atoms. The highest BCUT2D eigenvalue weighted by Crippen LogP contribution is 2.47. The van der Waals surface area contributed by atoms with Crippen molar-refractivity contribution in [2.45, 2.75) is 49.8 Å². The maximum absolute atomic E-state index is 11.4. The van der Waals surface area contributed by atoms with Gasteiger partial charge in [-0.15, -0.1) is 0 Å². The van der Waals surface area contributed by atoms with Gasteiger partial charge in [0.15, 0.2) is 6.29 Å². The molecular weight excluding hydrogens is 352 g/mol. The van der Waals surface area contributed by atoms with Crippen molar-refractivity contribution in [2.75, 3.05) is 13.2 Å². The Morgan fingerprint density at radius 3 is 2.42 bits per heavy atom. The third-order valence-electron chi connectivity index (χ3n) is 5.50. The van der Waals surface area contributed by atoms with Crippen LogP contribution in [0.2, 0.25) is 0 Å². The van der Waals surface area contributed by atoms with Gasteiger partial charge in [0.1, 0.15) is 24.4 Å². The predicted molar refractivity (Wildman–Crippen MR) is 82.2 cm³/mol. The predicted octanol–water partition coefficient (Wildman–Crippen LogP) is -2.24. The summed E-state index contributed by atoms with van der Waals surface area (Å²) in [6, 6.07) is 0. The molecule has 2 heterocycles. The molecule has 0 unspecified atom stereocenters. The highest BCUT2D eigenvalue weighted by molar-refractivity contribution is 5.87. The monoisotopic (exact) mass is 376 g/mol. The van der Waals surface area contributed by atoms with Gasteiger partial charge >= 0.3 is 5.97 Å². The number of ether oxygens (including phenoxy) is 3. The lowest BCUT2D eigenvalue weighted by atomic mass is 9.83. The third-order valence-corrected chi connectivity index (χ3v) is 5.50. The van der Waals surface area contributed by atoms with E-state index in [2.05, 4.69) is 0 Å². The first-order chi connectivity index (χ1) is 12.4. The van der Waals surface area contributed by atoms with E-state index in [1.54, 1.807) is 0 Å². The highest BCUT2D eigenvalue weighted by Gasteiger charge is 2.51. The summed E-state index contributed by atoms with van der Waals surface area (Å²) in [5.41, 5.74) is 0.0969. The van der Waals surface area contributed by atoms with E-state index in [4.69, 9.17) is 14.2 Å². The van der Waals surface area contributed by atoms with Gasteiger partial charge in [-0.2, -0.15) is 0 Å². The summed E-state index contributed by atoms with van der Waals surface area (Å²) in [5.74, 6) is -2.21. The van der Waals surface area contributed by atoms with Crippen LogP contribution in [-0.2, 0) is 19.0 Å². The Labute approximate surface area is 149 Å². The lowest BCUT2D eigenvalue weighted by Crippen LogP contribution is -2.60. The molecule has 3 aliphatic rings. The molecule has 9 atom stereocenters. The molecule has 0 amide bonds. The minimum Gasteiger partial charge on any atom is -0.478 e. The average Bonchev–Trinajstić information content (AvgIpc) is 3.06. The topological polar surface area (TPSA) is 166 Å². The zero-order valence-corrected chi connectivity index (χ0v) is 13.9. The van der Waals surface area contributed by atoms with Crippen LogP contribution in [0.25, 0.3) is 0 Å². The van der Waals surface area contributed by atoms with Crippen molar-refractivity contribution >= 4 is 5.97 Å². The fourth-order valence-corrected chi connectivity index (χ4v) is 4.06. The van der Waals surface area contributed by atoms with Gasteiger partial charge in [0.2, 0.25) is 6.29 Å². The summed E-state index contributed by atoms with van der Waals surface area (Å²) in [6.07, 6.45) is -5.98. The minimum atomic E-state index is -1.59. The second-order valence-corrected chi connectivity index (χ2v) is 6.92. The van der Waals surface area contributed by atoms with Crippen LogP contribution >= 0.6 is 0 Å². The molecule has 26 heavy (non-hydrogen) atoms. The molecule has 0 bridgehead atoms. The van der Waals surface area contributed by atoms with Crippen LogP contribution < -0.4 is 0 Å². The lowest BCUT2D eigenvalue weighted by Gasteiger charge is -2.43. The molecule has 0 aromatic rings. The molecule has 0 aromatic carbocycles. The number of carboxylic acid groups (broad SMARTS) is 1. The number of fused-ring (bicyclic) bond motifs is 1. The summed E-state index contributed by atoms with van der Waals surface area (Å²) in [7, 11) is 0. The number of carbonyl (C=O) groups is 1. The summed E-state index contributed by atoms with van der Waals surface area (Å²) >= 11 is 0. The van der Waals surface area contributed by atoms with E-state index < -0.39 is 55.5 Å². The van der Waals surface area contributed by atoms with Gasteiger partial charge in [0.25, 0.3) is 0 Å². The van der Waals surface area contributed by atoms with Crippen molar-refractivity contribution in [3.05, 3.63) is 11.8 Å². The van der Waals surface area contributed by atoms with Crippen molar-refractivity contribution in [1.29, 1.82) is 0 Å². The van der Waals surface area contributed by atoms with Crippen LogP contribution in [0.1, 0.15) is 12.8 Å². The van der Waals surface area contributed by atoms with Crippen molar-refractivity contribution in [3.8, 4) is 0 Å². The van der Waals surface area contributed by atoms with Crippen LogP contribution in [-0.4, -0.2) is 86.8 Å². The summed E-state index contributed by atoms with van der Waals surface area (Å²) < 4.78 is 16.4. The largest absolute Gasteiger partial charge is 0.478 e. The number of hydrogen-bond donors (Lipinski definition) is 6. The Kier molecular flexibility index (Phi) is 5.82. The number of aliphatic carboxylic acids is 1. The first kappa shape index (κ1) is 19.5. The van der Waals surface area contributed by atoms with E-state index >= 15 is 0 Å². The van der Waals surface area contributed by atoms with Gasteiger partial charge in [-0.25, -0.2) is 4.79 Å². The SMILES string of the molecule is O=C(O)C1=CO[C@@H](O[C@@H]2O[C@H](CO)[C@@H](O)[C@H](O)[C@H]2O)[C@H]2[C@@H](CO)CC[C@@H]12. The van der Waals surface area contributed by atoms with Gasteiger partial charge < -0.3 is 44.8 Å². The molecule has 1 aliphatic carbocycles. The smallest absolute Gasteiger partial charge is 0.334 e. The summed E-state index contributed by atoms with van der Waals surface area (Å²) in [6.45, 7) is -0.767. The Morgan fingerprint density at radius 1 is 1.08 bits per heavy atom. The number of hydrogen-bond acceptors (Lipinski definition) is 9. The number of aliphatic hydroxyl groups excluding tert-OH is 5. The number of carboxylic acids is 1. The zero-order chi connectivity index (χ0) is 19.0. The average molecular weight is 376 g/mol. The molecule has 3 rings (SSSR count). The molecule has 1 saturated carbocycles. The molecule has 0 radical (unpaired) electrons. The van der Waals surface area contributed by atoms with E-state index in [1.807, 2.05) is 0 Å². The number of rotatable bonds is 5. The molecule has 0 aromatic heterocycles. The Bertz CT molecular complexity index is 549. The van der Waals surface area contributed by atoms with Gasteiger partial charge in [-0.05, 0) is 18.8 Å². The Balaban J connectivity index is 1.79. The maximum Gasteiger partial charge on any atom is 0.334 e. The van der Waals surface area contributed by atoms with Crippen molar-refractivity contribution in [2.24, 2.45) is 17.8 Å². The maximum atomic E-state index is 11.4. The van der Waals surface area contributed by atoms with Crippen LogP contribution in [0.5, 0.6) is 0 Å². The fourth-order valence-electron chi connectivity index (χ4n) is 4.06. The van der Waals surface area contributed by atoms with E-state index in [9.17, 15) is 35.4 Å². The van der Waals surface area contributed by atoms with E-state index in [1.165, 1.54) is 0 Å². The highest BCUT2D eigenvalue weighted by atomic mass is 16.8. The van der Waals surface area contributed by atoms with Gasteiger partial charge in [-0.3, -0.25) is 0 Å². The van der Waals surface area contributed by atoms with Gasteiger partial charge in [0.05, 0.1) is 18.4 Å². The molecule has 10 nitrogen and oxygen atoms in total. The second kappa shape index (κ2) is 7.77. The lowest BCUT2D eigenvalue weighted by molar-refractivity contribution is -0.342. The van der Waals surface area contributed by atoms with E-state index in [0.29, 0.717) is 12.8 Å². The zero-order valence-electron chi connectivity index (χ0n) is 13.9. The standard InChI is InChI=1S/C16H24O10/c17-3-6-1-2-7-8(14(22)23)5-24-15(10(6)7)26-16-13(21)12(20)11(19)9(4-18)25-16/h5-7,9-13,15-21H,1-4H2,(H,22,23)/t6-,7+,9-,10+,11-,12+,13-,15+,16+/m1/s1. The molecule has 1 saturated heterocycles. The van der Waals surface area contributed by atoms with Crippen LogP contribution in [0, 0.1) is 17.8 Å². The number of aliphatic hydroxyl groups is 5. The van der Waals surface area contributed by atoms with Gasteiger partial charge in [0, 0.05) is 18.4 Å². The molecule has 6 N–H and O–H groups in total. The Hall–Kier alpha value is -1.27. The van der Waals surface area contributed by atoms with Crippen molar-refractivity contribution in [1.82, 2.24) is 0 Å². The third kappa shape index (κ3) is 3.33. The first-order valence-corrected chi connectivity index (χ1v) is 8.54. The molecule has 148 valence electrons. The van der Waals surface area contributed by atoms with Crippen LogP contribution in [0.3, 0.4) is 0 Å². The molecule has 2 fully saturated rings. The molecular formula is C16H24O10. The molecule has 2 aliphatic heterocycles. The minimum absolute atomic E-state index is 0.0969. The van der Waals surface area contributed by atoms with Gasteiger partial charge in [-0.1, -0.05) is 0 Å². The second-order valence-electron chi connectivity index (χ2n) is 6.92. The van der Waals surface area contributed by atoms with Crippen molar-refractivity contribution < 1.29 is 49.6 Å². The van der Waals surface area contributed by atoms with E-state index in [-0.39, 0.29) is 24.0 Å². The van der Waals surface area contributed by atoms with Crippen molar-refractivity contribution in [3.63, 3.8) is 0 Å². The van der Waals surface area contributed by atoms with E-state index in [0.717, 1.165) is 6.26 Å². The fraction of sp³-hybridized carbons (Fsp3) is 0.812. The quantitative estimate of drug-likeness (QED) is 0.309. The normalized spacial score (nSPS) is 45.6. The molecule has 10 heteroatoms.